The quantitative estimate of drug-likeness (QED) is 0.819. The number of likely N-dealkylation sites (tertiary alicyclic amines) is 1. The van der Waals surface area contributed by atoms with Crippen LogP contribution >= 0.6 is 0 Å². The van der Waals surface area contributed by atoms with Gasteiger partial charge in [-0.25, -0.2) is 0 Å². The van der Waals surface area contributed by atoms with Crippen LogP contribution in [0.5, 0.6) is 0 Å². The maximum atomic E-state index is 12.3. The zero-order valence-electron chi connectivity index (χ0n) is 16.2. The van der Waals surface area contributed by atoms with Gasteiger partial charge in [-0.3, -0.25) is 9.59 Å². The van der Waals surface area contributed by atoms with Crippen LogP contribution in [0.2, 0.25) is 0 Å². The summed E-state index contributed by atoms with van der Waals surface area (Å²) in [5.74, 6) is 0.806. The summed E-state index contributed by atoms with van der Waals surface area (Å²) >= 11 is 0. The van der Waals surface area contributed by atoms with E-state index >= 15 is 0 Å². The maximum absolute atomic E-state index is 12.3. The summed E-state index contributed by atoms with van der Waals surface area (Å²) in [5, 5.41) is 6.39. The summed E-state index contributed by atoms with van der Waals surface area (Å²) < 4.78 is 0. The van der Waals surface area contributed by atoms with Gasteiger partial charge in [0.05, 0.1) is 0 Å². The molecular formula is C22H27N3O2. The molecule has 0 saturated carbocycles. The summed E-state index contributed by atoms with van der Waals surface area (Å²) in [7, 11) is 0. The van der Waals surface area contributed by atoms with Gasteiger partial charge in [0.1, 0.15) is 0 Å². The first kappa shape index (κ1) is 19.0. The highest BCUT2D eigenvalue weighted by atomic mass is 16.2. The highest BCUT2D eigenvalue weighted by Gasteiger charge is 2.28. The van der Waals surface area contributed by atoms with Crippen LogP contribution in [0.3, 0.4) is 0 Å². The van der Waals surface area contributed by atoms with Crippen molar-refractivity contribution in [1.82, 2.24) is 10.2 Å². The van der Waals surface area contributed by atoms with Crippen molar-refractivity contribution >= 4 is 23.2 Å². The number of carbonyl (C=O) groups is 2. The fraction of sp³-hybridized carbons (Fsp3) is 0.364. The van der Waals surface area contributed by atoms with Crippen molar-refractivity contribution in [2.45, 2.75) is 26.7 Å². The summed E-state index contributed by atoms with van der Waals surface area (Å²) in [6.45, 7) is 7.98. The molecule has 0 aliphatic carbocycles. The number of rotatable bonds is 6. The second-order valence-corrected chi connectivity index (χ2v) is 7.44. The topological polar surface area (TPSA) is 61.4 Å². The van der Waals surface area contributed by atoms with E-state index in [0.717, 1.165) is 24.5 Å². The first-order chi connectivity index (χ1) is 12.9. The van der Waals surface area contributed by atoms with E-state index in [0.29, 0.717) is 23.9 Å². The molecule has 5 nitrogen and oxygen atoms in total. The molecule has 1 aliphatic rings. The molecule has 0 bridgehead atoms. The molecule has 1 aliphatic heterocycles. The molecule has 1 fully saturated rings. The Labute approximate surface area is 160 Å². The Hall–Kier alpha value is -2.82. The molecule has 0 radical (unpaired) electrons. The lowest BCUT2D eigenvalue weighted by atomic mass is 10.00. The molecule has 1 saturated heterocycles. The third-order valence-electron chi connectivity index (χ3n) is 4.96. The molecule has 27 heavy (non-hydrogen) atoms. The van der Waals surface area contributed by atoms with Crippen molar-refractivity contribution in [1.29, 1.82) is 0 Å². The van der Waals surface area contributed by atoms with Crippen LogP contribution in [0.15, 0.2) is 48.5 Å². The standard InChI is InChI=1S/C22H27N3O2/c1-15(2)20-6-4-5-7-21(20)24-19-10-8-18(9-11-19)22(27)23-12-17-13-25(14-17)16(3)26/h4-11,15,17,24H,12-14H2,1-3H3,(H,23,27). The number of amides is 2. The molecule has 0 unspecified atom stereocenters. The van der Waals surface area contributed by atoms with Gasteiger partial charge in [-0.15, -0.1) is 0 Å². The maximum Gasteiger partial charge on any atom is 0.251 e. The van der Waals surface area contributed by atoms with E-state index in [2.05, 4.69) is 36.6 Å². The lowest BCUT2D eigenvalue weighted by molar-refractivity contribution is -0.134. The van der Waals surface area contributed by atoms with E-state index in [1.807, 2.05) is 36.4 Å². The fourth-order valence-electron chi connectivity index (χ4n) is 3.27. The lowest BCUT2D eigenvalue weighted by Crippen LogP contribution is -2.53. The highest BCUT2D eigenvalue weighted by Crippen LogP contribution is 2.27. The van der Waals surface area contributed by atoms with E-state index in [4.69, 9.17) is 0 Å². The minimum Gasteiger partial charge on any atom is -0.355 e. The van der Waals surface area contributed by atoms with Crippen molar-refractivity contribution in [3.8, 4) is 0 Å². The fourth-order valence-corrected chi connectivity index (χ4v) is 3.27. The molecule has 2 N–H and O–H groups in total. The van der Waals surface area contributed by atoms with Crippen LogP contribution in [0.25, 0.3) is 0 Å². The van der Waals surface area contributed by atoms with Crippen LogP contribution in [-0.2, 0) is 4.79 Å². The minimum absolute atomic E-state index is 0.0783. The molecule has 2 aromatic rings. The smallest absolute Gasteiger partial charge is 0.251 e. The predicted octanol–water partition coefficient (Wildman–Crippen LogP) is 3.76. The Kier molecular flexibility index (Phi) is 5.79. The van der Waals surface area contributed by atoms with E-state index < -0.39 is 0 Å². The molecule has 2 amide bonds. The largest absolute Gasteiger partial charge is 0.355 e. The molecule has 142 valence electrons. The number of para-hydroxylation sites is 1. The van der Waals surface area contributed by atoms with E-state index in [1.54, 1.807) is 11.8 Å². The van der Waals surface area contributed by atoms with Crippen LogP contribution in [0, 0.1) is 5.92 Å². The molecule has 0 aromatic heterocycles. The average molecular weight is 365 g/mol. The van der Waals surface area contributed by atoms with Gasteiger partial charge in [0, 0.05) is 49.4 Å². The zero-order valence-corrected chi connectivity index (χ0v) is 16.2. The summed E-state index contributed by atoms with van der Waals surface area (Å²) in [5.41, 5.74) is 3.94. The van der Waals surface area contributed by atoms with E-state index in [9.17, 15) is 9.59 Å². The van der Waals surface area contributed by atoms with Crippen LogP contribution < -0.4 is 10.6 Å². The summed E-state index contributed by atoms with van der Waals surface area (Å²) in [6.07, 6.45) is 0. The van der Waals surface area contributed by atoms with Crippen molar-refractivity contribution in [2.24, 2.45) is 5.92 Å². The van der Waals surface area contributed by atoms with Gasteiger partial charge < -0.3 is 15.5 Å². The van der Waals surface area contributed by atoms with Crippen molar-refractivity contribution < 1.29 is 9.59 Å². The molecule has 2 aromatic carbocycles. The van der Waals surface area contributed by atoms with Crippen molar-refractivity contribution in [3.63, 3.8) is 0 Å². The third kappa shape index (κ3) is 4.67. The minimum atomic E-state index is -0.0783. The molecule has 1 heterocycles. The number of anilines is 2. The normalized spacial score (nSPS) is 14.0. The van der Waals surface area contributed by atoms with Gasteiger partial charge in [-0.05, 0) is 41.8 Å². The number of carbonyl (C=O) groups excluding carboxylic acids is 2. The zero-order chi connectivity index (χ0) is 19.4. The van der Waals surface area contributed by atoms with Crippen LogP contribution in [-0.4, -0.2) is 36.3 Å². The predicted molar refractivity (Wildman–Crippen MR) is 108 cm³/mol. The summed E-state index contributed by atoms with van der Waals surface area (Å²) in [6, 6.07) is 15.8. The van der Waals surface area contributed by atoms with Gasteiger partial charge in [-0.2, -0.15) is 0 Å². The first-order valence-electron chi connectivity index (χ1n) is 9.43. The highest BCUT2D eigenvalue weighted by molar-refractivity contribution is 5.94. The lowest BCUT2D eigenvalue weighted by Gasteiger charge is -2.38. The van der Waals surface area contributed by atoms with Crippen LogP contribution in [0.1, 0.15) is 42.6 Å². The third-order valence-corrected chi connectivity index (χ3v) is 4.96. The Morgan fingerprint density at radius 1 is 1.07 bits per heavy atom. The van der Waals surface area contributed by atoms with Gasteiger partial charge in [0.2, 0.25) is 5.91 Å². The van der Waals surface area contributed by atoms with Gasteiger partial charge >= 0.3 is 0 Å². The Morgan fingerprint density at radius 2 is 1.74 bits per heavy atom. The van der Waals surface area contributed by atoms with Crippen molar-refractivity contribution in [2.75, 3.05) is 25.0 Å². The number of hydrogen-bond donors (Lipinski definition) is 2. The molecule has 3 rings (SSSR count). The SMILES string of the molecule is CC(=O)N1CC(CNC(=O)c2ccc(Nc3ccccc3C(C)C)cc2)C1. The molecule has 0 atom stereocenters. The Bertz CT molecular complexity index is 809. The molecular weight excluding hydrogens is 338 g/mol. The van der Waals surface area contributed by atoms with Crippen molar-refractivity contribution in [3.05, 3.63) is 59.7 Å². The Morgan fingerprint density at radius 3 is 2.37 bits per heavy atom. The van der Waals surface area contributed by atoms with Gasteiger partial charge in [0.15, 0.2) is 0 Å². The second-order valence-electron chi connectivity index (χ2n) is 7.44. The van der Waals surface area contributed by atoms with Gasteiger partial charge in [-0.1, -0.05) is 32.0 Å². The van der Waals surface area contributed by atoms with Gasteiger partial charge in [0.25, 0.3) is 5.91 Å². The average Bonchev–Trinajstić information content (AvgIpc) is 2.60. The first-order valence-corrected chi connectivity index (χ1v) is 9.43. The number of benzene rings is 2. The second kappa shape index (κ2) is 8.25. The monoisotopic (exact) mass is 365 g/mol. The molecule has 0 spiro atoms. The number of nitrogens with one attached hydrogen (secondary N) is 2. The number of nitrogens with zero attached hydrogens (tertiary/aromatic N) is 1. The summed E-state index contributed by atoms with van der Waals surface area (Å²) in [4.78, 5) is 25.3. The van der Waals surface area contributed by atoms with E-state index in [1.165, 1.54) is 5.56 Å². The number of hydrogen-bond acceptors (Lipinski definition) is 3. The Balaban J connectivity index is 1.54. The van der Waals surface area contributed by atoms with E-state index in [-0.39, 0.29) is 11.8 Å². The van der Waals surface area contributed by atoms with Crippen LogP contribution in [0.4, 0.5) is 11.4 Å². The molecule has 5 heteroatoms.